The monoisotopic (exact) mass is 278 g/mol. The minimum atomic E-state index is -0.918. The van der Waals surface area contributed by atoms with Gasteiger partial charge in [-0.3, -0.25) is 4.98 Å². The first-order valence-corrected chi connectivity index (χ1v) is 6.60. The number of nitrogens with one attached hydrogen (secondary N) is 1. The number of carboxylic acids is 1. The molecule has 0 aliphatic heterocycles. The average Bonchev–Trinajstić information content (AvgIpc) is 2.49. The number of hydrogen-bond acceptors (Lipinski definition) is 3. The minimum absolute atomic E-state index is 0.289. The molecule has 0 radical (unpaired) electrons. The molecule has 104 valence electrons. The zero-order valence-electron chi connectivity index (χ0n) is 11.5. The van der Waals surface area contributed by atoms with Crippen LogP contribution in [0.2, 0.25) is 0 Å². The lowest BCUT2D eigenvalue weighted by Crippen LogP contribution is -1.99. The first-order chi connectivity index (χ1) is 10.1. The van der Waals surface area contributed by atoms with Crippen molar-refractivity contribution in [1.29, 1.82) is 0 Å². The van der Waals surface area contributed by atoms with Crippen molar-refractivity contribution in [3.05, 3.63) is 65.9 Å². The molecule has 0 fully saturated rings. The second-order valence-electron chi connectivity index (χ2n) is 4.84. The van der Waals surface area contributed by atoms with Gasteiger partial charge in [0.15, 0.2) is 0 Å². The molecule has 0 saturated heterocycles. The fourth-order valence-electron chi connectivity index (χ4n) is 2.29. The van der Waals surface area contributed by atoms with E-state index in [4.69, 9.17) is 5.11 Å². The highest BCUT2D eigenvalue weighted by atomic mass is 16.4. The van der Waals surface area contributed by atoms with Gasteiger partial charge in [0.25, 0.3) is 0 Å². The molecule has 0 bridgehead atoms. The summed E-state index contributed by atoms with van der Waals surface area (Å²) in [7, 11) is 0. The second kappa shape index (κ2) is 5.25. The van der Waals surface area contributed by atoms with Gasteiger partial charge >= 0.3 is 5.97 Å². The maximum absolute atomic E-state index is 11.0. The highest BCUT2D eigenvalue weighted by Crippen LogP contribution is 2.27. The molecule has 21 heavy (non-hydrogen) atoms. The van der Waals surface area contributed by atoms with E-state index in [1.165, 1.54) is 0 Å². The Morgan fingerprint density at radius 3 is 2.71 bits per heavy atom. The summed E-state index contributed by atoms with van der Waals surface area (Å²) in [5.41, 5.74) is 3.93. The fourth-order valence-corrected chi connectivity index (χ4v) is 2.29. The Hall–Kier alpha value is -2.88. The van der Waals surface area contributed by atoms with Crippen LogP contribution in [0.1, 0.15) is 15.9 Å². The van der Waals surface area contributed by atoms with Crippen molar-refractivity contribution in [2.75, 3.05) is 5.32 Å². The molecule has 0 amide bonds. The van der Waals surface area contributed by atoms with Gasteiger partial charge in [0.05, 0.1) is 11.1 Å². The standard InChI is InChI=1S/C17H14N2O2/c1-11-10-12(17(20)21)7-8-14(11)19-16-6-2-5-15-13(16)4-3-9-18-15/h2-10,19H,1H3,(H,20,21). The van der Waals surface area contributed by atoms with Crippen LogP contribution in [0.25, 0.3) is 10.9 Å². The van der Waals surface area contributed by atoms with Crippen molar-refractivity contribution in [1.82, 2.24) is 4.98 Å². The van der Waals surface area contributed by atoms with E-state index < -0.39 is 5.97 Å². The summed E-state index contributed by atoms with van der Waals surface area (Å²) in [5.74, 6) is -0.918. The van der Waals surface area contributed by atoms with Crippen LogP contribution in [0.4, 0.5) is 11.4 Å². The molecule has 3 aromatic rings. The van der Waals surface area contributed by atoms with Crippen LogP contribution in [0, 0.1) is 6.92 Å². The number of aromatic nitrogens is 1. The van der Waals surface area contributed by atoms with Crippen LogP contribution in [0.5, 0.6) is 0 Å². The molecule has 2 N–H and O–H groups in total. The zero-order valence-corrected chi connectivity index (χ0v) is 11.5. The lowest BCUT2D eigenvalue weighted by molar-refractivity contribution is 0.0697. The fraction of sp³-hybridized carbons (Fsp3) is 0.0588. The Bertz CT molecular complexity index is 823. The van der Waals surface area contributed by atoms with Gasteiger partial charge in [0.1, 0.15) is 0 Å². The highest BCUT2D eigenvalue weighted by molar-refractivity contribution is 5.94. The molecule has 0 aliphatic rings. The van der Waals surface area contributed by atoms with Gasteiger partial charge in [-0.2, -0.15) is 0 Å². The molecule has 2 aromatic carbocycles. The van der Waals surface area contributed by atoms with E-state index in [9.17, 15) is 4.79 Å². The molecule has 0 unspecified atom stereocenters. The van der Waals surface area contributed by atoms with Crippen LogP contribution in [-0.4, -0.2) is 16.1 Å². The van der Waals surface area contributed by atoms with Crippen LogP contribution in [0.15, 0.2) is 54.7 Å². The number of pyridine rings is 1. The van der Waals surface area contributed by atoms with Crippen molar-refractivity contribution >= 4 is 28.2 Å². The molecule has 4 heteroatoms. The number of aryl methyl sites for hydroxylation is 1. The summed E-state index contributed by atoms with van der Waals surface area (Å²) < 4.78 is 0. The maximum atomic E-state index is 11.0. The molecule has 0 atom stereocenters. The van der Waals surface area contributed by atoms with E-state index >= 15 is 0 Å². The van der Waals surface area contributed by atoms with Gasteiger partial charge in [-0.25, -0.2) is 4.79 Å². The van der Waals surface area contributed by atoms with E-state index in [1.807, 2.05) is 37.3 Å². The van der Waals surface area contributed by atoms with Crippen molar-refractivity contribution in [2.24, 2.45) is 0 Å². The van der Waals surface area contributed by atoms with Crippen LogP contribution < -0.4 is 5.32 Å². The first kappa shape index (κ1) is 13.1. The van der Waals surface area contributed by atoms with Crippen molar-refractivity contribution < 1.29 is 9.90 Å². The third kappa shape index (κ3) is 2.56. The Kier molecular flexibility index (Phi) is 3.28. The molecule has 4 nitrogen and oxygen atoms in total. The Balaban J connectivity index is 2.01. The maximum Gasteiger partial charge on any atom is 0.335 e. The van der Waals surface area contributed by atoms with Crippen LogP contribution in [0.3, 0.4) is 0 Å². The Morgan fingerprint density at radius 1 is 1.10 bits per heavy atom. The van der Waals surface area contributed by atoms with Crippen LogP contribution >= 0.6 is 0 Å². The number of carboxylic acid groups (broad SMARTS) is 1. The molecule has 1 heterocycles. The minimum Gasteiger partial charge on any atom is -0.478 e. The summed E-state index contributed by atoms with van der Waals surface area (Å²) >= 11 is 0. The number of hydrogen-bond donors (Lipinski definition) is 2. The number of rotatable bonds is 3. The van der Waals surface area contributed by atoms with Crippen molar-refractivity contribution in [3.8, 4) is 0 Å². The van der Waals surface area contributed by atoms with Crippen molar-refractivity contribution in [3.63, 3.8) is 0 Å². The normalized spacial score (nSPS) is 10.5. The van der Waals surface area contributed by atoms with Gasteiger partial charge in [-0.05, 0) is 55.0 Å². The average molecular weight is 278 g/mol. The Morgan fingerprint density at radius 2 is 1.95 bits per heavy atom. The number of anilines is 2. The number of carbonyl (C=O) groups is 1. The molecule has 0 saturated carbocycles. The number of nitrogens with zero attached hydrogens (tertiary/aromatic N) is 1. The summed E-state index contributed by atoms with van der Waals surface area (Å²) in [5, 5.41) is 13.4. The molecular weight excluding hydrogens is 264 g/mol. The molecule has 1 aromatic heterocycles. The molecule has 0 aliphatic carbocycles. The molecule has 0 spiro atoms. The third-order valence-corrected chi connectivity index (χ3v) is 3.39. The van der Waals surface area contributed by atoms with E-state index in [1.54, 1.807) is 24.4 Å². The van der Waals surface area contributed by atoms with E-state index in [-0.39, 0.29) is 5.56 Å². The Labute approximate surface area is 122 Å². The second-order valence-corrected chi connectivity index (χ2v) is 4.84. The van der Waals surface area contributed by atoms with Crippen molar-refractivity contribution in [2.45, 2.75) is 6.92 Å². The molecule has 3 rings (SSSR count). The topological polar surface area (TPSA) is 62.2 Å². The number of aromatic carboxylic acids is 1. The largest absolute Gasteiger partial charge is 0.478 e. The van der Waals surface area contributed by atoms with Gasteiger partial charge in [-0.1, -0.05) is 6.07 Å². The highest BCUT2D eigenvalue weighted by Gasteiger charge is 2.07. The smallest absolute Gasteiger partial charge is 0.335 e. The van der Waals surface area contributed by atoms with E-state index in [2.05, 4.69) is 10.3 Å². The summed E-state index contributed by atoms with van der Waals surface area (Å²) in [6.07, 6.45) is 1.76. The number of benzene rings is 2. The van der Waals surface area contributed by atoms with E-state index in [0.29, 0.717) is 0 Å². The first-order valence-electron chi connectivity index (χ1n) is 6.60. The third-order valence-electron chi connectivity index (χ3n) is 3.39. The predicted molar refractivity (Wildman–Crippen MR) is 83.2 cm³/mol. The SMILES string of the molecule is Cc1cc(C(=O)O)ccc1Nc1cccc2ncccc12. The summed E-state index contributed by atoms with van der Waals surface area (Å²) in [6, 6.07) is 14.8. The lowest BCUT2D eigenvalue weighted by atomic mass is 10.1. The molecular formula is C17H14N2O2. The number of fused-ring (bicyclic) bond motifs is 1. The van der Waals surface area contributed by atoms with Gasteiger partial charge in [0.2, 0.25) is 0 Å². The van der Waals surface area contributed by atoms with Gasteiger partial charge < -0.3 is 10.4 Å². The van der Waals surface area contributed by atoms with Crippen LogP contribution in [-0.2, 0) is 0 Å². The summed E-state index contributed by atoms with van der Waals surface area (Å²) in [6.45, 7) is 1.89. The summed E-state index contributed by atoms with van der Waals surface area (Å²) in [4.78, 5) is 15.3. The predicted octanol–water partition coefficient (Wildman–Crippen LogP) is 3.99. The zero-order chi connectivity index (χ0) is 14.8. The van der Waals surface area contributed by atoms with Gasteiger partial charge in [0, 0.05) is 23.0 Å². The van der Waals surface area contributed by atoms with Gasteiger partial charge in [-0.15, -0.1) is 0 Å². The van der Waals surface area contributed by atoms with E-state index in [0.717, 1.165) is 27.8 Å². The lowest BCUT2D eigenvalue weighted by Gasteiger charge is -2.12. The quantitative estimate of drug-likeness (QED) is 0.760.